The van der Waals surface area contributed by atoms with Crippen molar-refractivity contribution in [2.75, 3.05) is 18.1 Å². The number of morpholine rings is 1. The van der Waals surface area contributed by atoms with E-state index in [-0.39, 0.29) is 6.10 Å². The van der Waals surface area contributed by atoms with Crippen LogP contribution in [0, 0.1) is 0 Å². The van der Waals surface area contributed by atoms with E-state index in [0.29, 0.717) is 12.6 Å². The first-order valence-electron chi connectivity index (χ1n) is 6.52. The number of rotatable bonds is 3. The lowest BCUT2D eigenvalue weighted by atomic mass is 10.1. The molecule has 100 valence electrons. The molecular formula is C14H21ClN2O. The van der Waals surface area contributed by atoms with Crippen LogP contribution in [0.4, 0.5) is 5.69 Å². The third-order valence-electron chi connectivity index (χ3n) is 3.53. The van der Waals surface area contributed by atoms with E-state index in [1.54, 1.807) is 0 Å². The van der Waals surface area contributed by atoms with E-state index in [0.717, 1.165) is 30.2 Å². The molecule has 1 aliphatic heterocycles. The number of hydrogen-bond donors (Lipinski definition) is 1. The van der Waals surface area contributed by atoms with Crippen LogP contribution in [0.5, 0.6) is 0 Å². The summed E-state index contributed by atoms with van der Waals surface area (Å²) in [7, 11) is 0. The molecule has 0 bridgehead atoms. The maximum atomic E-state index is 6.24. The van der Waals surface area contributed by atoms with E-state index >= 15 is 0 Å². The smallest absolute Gasteiger partial charge is 0.0723 e. The minimum Gasteiger partial charge on any atom is -0.375 e. The molecule has 1 aromatic rings. The van der Waals surface area contributed by atoms with Crippen LogP contribution in [0.3, 0.4) is 0 Å². The van der Waals surface area contributed by atoms with E-state index in [9.17, 15) is 0 Å². The van der Waals surface area contributed by atoms with Crippen molar-refractivity contribution in [1.29, 1.82) is 0 Å². The third kappa shape index (κ3) is 2.79. The second kappa shape index (κ2) is 5.91. The van der Waals surface area contributed by atoms with Crippen LogP contribution < -0.4 is 10.6 Å². The van der Waals surface area contributed by atoms with Gasteiger partial charge in [0.2, 0.25) is 0 Å². The molecule has 1 heterocycles. The van der Waals surface area contributed by atoms with Gasteiger partial charge in [0.05, 0.1) is 18.8 Å². The average molecular weight is 269 g/mol. The van der Waals surface area contributed by atoms with Gasteiger partial charge in [0.25, 0.3) is 0 Å². The van der Waals surface area contributed by atoms with Gasteiger partial charge in [-0.25, -0.2) is 0 Å². The van der Waals surface area contributed by atoms with Crippen molar-refractivity contribution in [3.63, 3.8) is 0 Å². The lowest BCUT2D eigenvalue weighted by Crippen LogP contribution is -2.48. The summed E-state index contributed by atoms with van der Waals surface area (Å²) in [5.74, 6) is 0. The molecule has 1 saturated heterocycles. The predicted octanol–water partition coefficient (Wildman–Crippen LogP) is 2.80. The third-order valence-corrected chi connectivity index (χ3v) is 3.88. The highest BCUT2D eigenvalue weighted by Gasteiger charge is 2.25. The fraction of sp³-hybridized carbons (Fsp3) is 0.571. The molecule has 2 atom stereocenters. The monoisotopic (exact) mass is 268 g/mol. The van der Waals surface area contributed by atoms with Gasteiger partial charge in [0, 0.05) is 23.8 Å². The quantitative estimate of drug-likeness (QED) is 0.916. The molecule has 2 N–H and O–H groups in total. The Morgan fingerprint density at radius 2 is 2.28 bits per heavy atom. The Bertz CT molecular complexity index is 411. The molecule has 0 aliphatic carbocycles. The van der Waals surface area contributed by atoms with Gasteiger partial charge >= 0.3 is 0 Å². The van der Waals surface area contributed by atoms with Gasteiger partial charge in [-0.1, -0.05) is 24.6 Å². The lowest BCUT2D eigenvalue weighted by Gasteiger charge is -2.40. The molecule has 0 amide bonds. The molecular weight excluding hydrogens is 248 g/mol. The molecule has 4 heteroatoms. The van der Waals surface area contributed by atoms with Crippen molar-refractivity contribution < 1.29 is 4.74 Å². The van der Waals surface area contributed by atoms with Crippen molar-refractivity contribution in [2.24, 2.45) is 5.73 Å². The van der Waals surface area contributed by atoms with Crippen LogP contribution >= 0.6 is 11.6 Å². The first-order valence-corrected chi connectivity index (χ1v) is 6.90. The first kappa shape index (κ1) is 13.7. The van der Waals surface area contributed by atoms with Crippen molar-refractivity contribution in [3.8, 4) is 0 Å². The number of nitrogens with two attached hydrogens (primary N) is 1. The van der Waals surface area contributed by atoms with Crippen LogP contribution in [0.15, 0.2) is 18.2 Å². The zero-order valence-corrected chi connectivity index (χ0v) is 11.8. The maximum Gasteiger partial charge on any atom is 0.0723 e. The molecule has 2 rings (SSSR count). The Labute approximate surface area is 114 Å². The molecule has 0 aromatic heterocycles. The normalized spacial score (nSPS) is 24.3. The van der Waals surface area contributed by atoms with E-state index in [1.165, 1.54) is 5.69 Å². The molecule has 18 heavy (non-hydrogen) atoms. The molecule has 3 nitrogen and oxygen atoms in total. The minimum atomic E-state index is 0.265. The Morgan fingerprint density at radius 1 is 1.50 bits per heavy atom. The number of halogens is 1. The summed E-state index contributed by atoms with van der Waals surface area (Å²) in [6.45, 7) is 6.47. The largest absolute Gasteiger partial charge is 0.375 e. The van der Waals surface area contributed by atoms with E-state index < -0.39 is 0 Å². The van der Waals surface area contributed by atoms with Gasteiger partial charge in [-0.2, -0.15) is 0 Å². The number of nitrogens with zero attached hydrogens (tertiary/aromatic N) is 1. The second-order valence-corrected chi connectivity index (χ2v) is 5.25. The van der Waals surface area contributed by atoms with Gasteiger partial charge in [0.1, 0.15) is 0 Å². The zero-order chi connectivity index (χ0) is 13.1. The zero-order valence-electron chi connectivity index (χ0n) is 11.0. The average Bonchev–Trinajstić information content (AvgIpc) is 2.38. The molecule has 1 aliphatic rings. The van der Waals surface area contributed by atoms with Crippen LogP contribution in [0.1, 0.15) is 25.8 Å². The summed E-state index contributed by atoms with van der Waals surface area (Å²) in [5, 5.41) is 0.754. The first-order chi connectivity index (χ1) is 8.65. The number of hydrogen-bond acceptors (Lipinski definition) is 3. The number of anilines is 1. The van der Waals surface area contributed by atoms with Gasteiger partial charge in [-0.3, -0.25) is 0 Å². The van der Waals surface area contributed by atoms with E-state index in [2.05, 4.69) is 24.8 Å². The fourth-order valence-electron chi connectivity index (χ4n) is 2.38. The predicted molar refractivity (Wildman–Crippen MR) is 76.2 cm³/mol. The summed E-state index contributed by atoms with van der Waals surface area (Å²) >= 11 is 6.24. The second-order valence-electron chi connectivity index (χ2n) is 4.84. The van der Waals surface area contributed by atoms with Gasteiger partial charge < -0.3 is 15.4 Å². The van der Waals surface area contributed by atoms with Crippen molar-refractivity contribution in [3.05, 3.63) is 28.8 Å². The molecule has 0 saturated carbocycles. The van der Waals surface area contributed by atoms with Crippen LogP contribution in [0.2, 0.25) is 5.02 Å². The van der Waals surface area contributed by atoms with Gasteiger partial charge in [-0.05, 0) is 31.0 Å². The Balaban J connectivity index is 2.25. The Morgan fingerprint density at radius 3 is 2.89 bits per heavy atom. The SMILES string of the molecule is CCC1COC(C)CN1c1ccc(CN)c(Cl)c1. The molecule has 0 spiro atoms. The summed E-state index contributed by atoms with van der Waals surface area (Å²) in [4.78, 5) is 2.39. The topological polar surface area (TPSA) is 38.5 Å². The summed E-state index contributed by atoms with van der Waals surface area (Å²) in [5.41, 5.74) is 7.80. The molecule has 0 radical (unpaired) electrons. The lowest BCUT2D eigenvalue weighted by molar-refractivity contribution is 0.0299. The highest BCUT2D eigenvalue weighted by molar-refractivity contribution is 6.31. The van der Waals surface area contributed by atoms with E-state index in [4.69, 9.17) is 22.1 Å². The minimum absolute atomic E-state index is 0.265. The number of ether oxygens (including phenoxy) is 1. The summed E-state index contributed by atoms with van der Waals surface area (Å²) < 4.78 is 5.71. The summed E-state index contributed by atoms with van der Waals surface area (Å²) in [6.07, 6.45) is 1.34. The molecule has 2 unspecified atom stereocenters. The van der Waals surface area contributed by atoms with Crippen LogP contribution in [0.25, 0.3) is 0 Å². The van der Waals surface area contributed by atoms with Gasteiger partial charge in [0.15, 0.2) is 0 Å². The number of benzene rings is 1. The Hall–Kier alpha value is -0.770. The van der Waals surface area contributed by atoms with Crippen LogP contribution in [-0.2, 0) is 11.3 Å². The van der Waals surface area contributed by atoms with Crippen molar-refractivity contribution in [1.82, 2.24) is 0 Å². The Kier molecular flexibility index (Phi) is 4.49. The maximum absolute atomic E-state index is 6.24. The fourth-order valence-corrected chi connectivity index (χ4v) is 2.63. The molecule has 1 aromatic carbocycles. The standard InChI is InChI=1S/C14H21ClN2O/c1-3-12-9-18-10(2)8-17(12)13-5-4-11(7-16)14(15)6-13/h4-6,10,12H,3,7-9,16H2,1-2H3. The molecule has 1 fully saturated rings. The highest BCUT2D eigenvalue weighted by atomic mass is 35.5. The van der Waals surface area contributed by atoms with Crippen molar-refractivity contribution in [2.45, 2.75) is 39.0 Å². The van der Waals surface area contributed by atoms with Crippen LogP contribution in [-0.4, -0.2) is 25.3 Å². The summed E-state index contributed by atoms with van der Waals surface area (Å²) in [6, 6.07) is 6.57. The van der Waals surface area contributed by atoms with Gasteiger partial charge in [-0.15, -0.1) is 0 Å². The van der Waals surface area contributed by atoms with Crippen molar-refractivity contribution >= 4 is 17.3 Å². The van der Waals surface area contributed by atoms with E-state index in [1.807, 2.05) is 12.1 Å². The highest BCUT2D eigenvalue weighted by Crippen LogP contribution is 2.28.